The third-order valence-corrected chi connectivity index (χ3v) is 4.00. The summed E-state index contributed by atoms with van der Waals surface area (Å²) in [4.78, 5) is 4.97. The van der Waals surface area contributed by atoms with Crippen LogP contribution in [0.25, 0.3) is 11.0 Å². The minimum atomic E-state index is 0.771. The molecule has 0 unspecified atom stereocenters. The van der Waals surface area contributed by atoms with Crippen LogP contribution >= 0.6 is 0 Å². The van der Waals surface area contributed by atoms with Gasteiger partial charge in [-0.2, -0.15) is 0 Å². The molecule has 4 nitrogen and oxygen atoms in total. The molecule has 0 atom stereocenters. The van der Waals surface area contributed by atoms with Crippen LogP contribution in [0.3, 0.4) is 0 Å². The molecule has 0 radical (unpaired) electrons. The van der Waals surface area contributed by atoms with E-state index in [-0.39, 0.29) is 0 Å². The van der Waals surface area contributed by atoms with Crippen molar-refractivity contribution in [1.29, 1.82) is 0 Å². The van der Waals surface area contributed by atoms with Gasteiger partial charge in [-0.3, -0.25) is 5.73 Å². The third kappa shape index (κ3) is 2.20. The molecule has 1 aromatic carbocycles. The van der Waals surface area contributed by atoms with Gasteiger partial charge in [-0.05, 0) is 31.4 Å². The van der Waals surface area contributed by atoms with Gasteiger partial charge in [0.15, 0.2) is 0 Å². The molecule has 3 rings (SSSR count). The normalized spacial score (nSPS) is 17.3. The van der Waals surface area contributed by atoms with E-state index in [1.165, 1.54) is 44.4 Å². The Bertz CT molecular complexity index is 526. The first-order chi connectivity index (χ1) is 8.84. The average molecular weight is 246 g/mol. The number of fused-ring (bicyclic) bond motifs is 1. The Morgan fingerprint density at radius 1 is 1.17 bits per heavy atom. The molecule has 4 heteroatoms. The van der Waals surface area contributed by atoms with E-state index in [1.807, 2.05) is 6.07 Å². The Kier molecular flexibility index (Phi) is 3.19. The van der Waals surface area contributed by atoms with Gasteiger partial charge in [0, 0.05) is 0 Å². The minimum Gasteiger partial charge on any atom is -0.332 e. The molecule has 4 N–H and O–H groups in total. The second-order valence-corrected chi connectivity index (χ2v) is 5.24. The molecule has 0 aliphatic carbocycles. The maximum atomic E-state index is 6.07. The third-order valence-electron chi connectivity index (χ3n) is 4.00. The van der Waals surface area contributed by atoms with Crippen LogP contribution in [0.4, 0.5) is 5.95 Å². The van der Waals surface area contributed by atoms with Crippen LogP contribution < -0.4 is 15.2 Å². The highest BCUT2D eigenvalue weighted by molar-refractivity contribution is 5.72. The lowest BCUT2D eigenvalue weighted by Gasteiger charge is -2.22. The molecule has 1 aliphatic heterocycles. The smallest absolute Gasteiger partial charge is 0.332 e. The number of quaternary nitrogens is 1. The molecule has 0 bridgehead atoms. The van der Waals surface area contributed by atoms with Crippen molar-refractivity contribution in [2.24, 2.45) is 0 Å². The van der Waals surface area contributed by atoms with Gasteiger partial charge < -0.3 is 4.90 Å². The fourth-order valence-electron chi connectivity index (χ4n) is 2.96. The second kappa shape index (κ2) is 4.98. The van der Waals surface area contributed by atoms with E-state index in [9.17, 15) is 0 Å². The van der Waals surface area contributed by atoms with Crippen molar-refractivity contribution >= 4 is 17.0 Å². The van der Waals surface area contributed by atoms with E-state index in [0.29, 0.717) is 0 Å². The number of nitrogen functional groups attached to an aromatic ring is 1. The fourth-order valence-corrected chi connectivity index (χ4v) is 2.96. The van der Waals surface area contributed by atoms with Gasteiger partial charge in [-0.25, -0.2) is 9.55 Å². The van der Waals surface area contributed by atoms with E-state index < -0.39 is 0 Å². The number of likely N-dealkylation sites (tertiary alicyclic amines) is 1. The van der Waals surface area contributed by atoms with Crippen LogP contribution in [0.2, 0.25) is 0 Å². The van der Waals surface area contributed by atoms with Crippen LogP contribution in [0.1, 0.15) is 19.3 Å². The lowest BCUT2D eigenvalue weighted by Crippen LogP contribution is -3.13. The number of piperidine rings is 1. The van der Waals surface area contributed by atoms with Crippen molar-refractivity contribution in [1.82, 2.24) is 4.98 Å². The number of rotatable bonds is 3. The second-order valence-electron chi connectivity index (χ2n) is 5.24. The molecular weight excluding hydrogens is 224 g/mol. The van der Waals surface area contributed by atoms with Gasteiger partial charge in [0.05, 0.1) is 13.1 Å². The zero-order valence-corrected chi connectivity index (χ0v) is 10.8. The number of hydrogen-bond acceptors (Lipinski definition) is 1. The number of para-hydroxylation sites is 2. The molecule has 96 valence electrons. The summed E-state index contributed by atoms with van der Waals surface area (Å²) < 4.78 is 2.21. The highest BCUT2D eigenvalue weighted by atomic mass is 15.2. The van der Waals surface area contributed by atoms with Gasteiger partial charge in [-0.15, -0.1) is 0 Å². The summed E-state index contributed by atoms with van der Waals surface area (Å²) in [5.41, 5.74) is 8.41. The Morgan fingerprint density at radius 3 is 2.78 bits per heavy atom. The van der Waals surface area contributed by atoms with Crippen molar-refractivity contribution in [2.75, 3.05) is 25.4 Å². The summed E-state index contributed by atoms with van der Waals surface area (Å²) in [6.45, 7) is 4.83. The summed E-state index contributed by atoms with van der Waals surface area (Å²) in [7, 11) is 0. The molecular formula is C14H22N4+2. The van der Waals surface area contributed by atoms with Crippen LogP contribution in [0.15, 0.2) is 24.3 Å². The molecule has 1 aliphatic rings. The van der Waals surface area contributed by atoms with Crippen molar-refractivity contribution in [3.63, 3.8) is 0 Å². The average Bonchev–Trinajstić information content (AvgIpc) is 2.73. The number of hydrogen-bond donors (Lipinski definition) is 3. The molecule has 2 heterocycles. The maximum Gasteiger partial charge on any atom is 0.353 e. The van der Waals surface area contributed by atoms with Crippen LogP contribution in [-0.4, -0.2) is 24.6 Å². The lowest BCUT2D eigenvalue weighted by atomic mass is 10.1. The number of imidazole rings is 1. The van der Waals surface area contributed by atoms with E-state index in [0.717, 1.165) is 18.0 Å². The summed E-state index contributed by atoms with van der Waals surface area (Å²) >= 11 is 0. The van der Waals surface area contributed by atoms with E-state index in [4.69, 9.17) is 5.73 Å². The quantitative estimate of drug-likeness (QED) is 0.661. The van der Waals surface area contributed by atoms with Gasteiger partial charge in [0.2, 0.25) is 0 Å². The Balaban J connectivity index is 1.75. The topological polar surface area (TPSA) is 50.1 Å². The van der Waals surface area contributed by atoms with E-state index >= 15 is 0 Å². The summed E-state index contributed by atoms with van der Waals surface area (Å²) in [5, 5.41) is 0. The molecule has 1 saturated heterocycles. The first-order valence-electron chi connectivity index (χ1n) is 6.94. The molecule has 0 saturated carbocycles. The Hall–Kier alpha value is -1.55. The number of anilines is 1. The molecule has 18 heavy (non-hydrogen) atoms. The largest absolute Gasteiger partial charge is 0.353 e. The van der Waals surface area contributed by atoms with Gasteiger partial charge in [0.1, 0.15) is 24.1 Å². The number of H-pyrrole nitrogens is 1. The molecule has 0 amide bonds. The van der Waals surface area contributed by atoms with Crippen molar-refractivity contribution in [3.8, 4) is 0 Å². The SMILES string of the molecule is Nc1[nH]c2ccccc2[n+]1CC[NH+]1CCCCC1. The molecule has 1 aromatic heterocycles. The first kappa shape index (κ1) is 11.5. The van der Waals surface area contributed by atoms with Crippen LogP contribution in [-0.2, 0) is 6.54 Å². The van der Waals surface area contributed by atoms with E-state index in [1.54, 1.807) is 4.90 Å². The van der Waals surface area contributed by atoms with Gasteiger partial charge >= 0.3 is 5.95 Å². The number of nitrogens with zero attached hydrogens (tertiary/aromatic N) is 1. The highest BCUT2D eigenvalue weighted by Gasteiger charge is 2.18. The summed E-state index contributed by atoms with van der Waals surface area (Å²) in [6.07, 6.45) is 4.17. The lowest BCUT2D eigenvalue weighted by molar-refractivity contribution is -0.921. The summed E-state index contributed by atoms with van der Waals surface area (Å²) in [6, 6.07) is 8.32. The number of aromatic amines is 1. The fraction of sp³-hybridized carbons (Fsp3) is 0.500. The Morgan fingerprint density at radius 2 is 1.94 bits per heavy atom. The Labute approximate surface area is 107 Å². The zero-order valence-electron chi connectivity index (χ0n) is 10.8. The van der Waals surface area contributed by atoms with Gasteiger partial charge in [-0.1, -0.05) is 12.1 Å². The van der Waals surface area contributed by atoms with E-state index in [2.05, 4.69) is 27.8 Å². The molecule has 1 fully saturated rings. The standard InChI is InChI=1S/C14H20N4/c15-14-16-12-6-2-3-7-13(12)18(14)11-10-17-8-4-1-5-9-17/h2-3,6-7H,1,4-5,8-11H2,(H2,15,16)/p+2. The maximum absolute atomic E-state index is 6.07. The number of nitrogens with two attached hydrogens (primary N) is 1. The number of nitrogens with one attached hydrogen (secondary N) is 2. The number of aromatic nitrogens is 2. The minimum absolute atomic E-state index is 0.771. The van der Waals surface area contributed by atoms with Crippen LogP contribution in [0, 0.1) is 0 Å². The highest BCUT2D eigenvalue weighted by Crippen LogP contribution is 2.09. The number of benzene rings is 1. The van der Waals surface area contributed by atoms with Crippen molar-refractivity contribution in [2.45, 2.75) is 25.8 Å². The first-order valence-corrected chi connectivity index (χ1v) is 6.94. The molecule has 2 aromatic rings. The summed E-state index contributed by atoms with van der Waals surface area (Å²) in [5.74, 6) is 0.771. The predicted octanol–water partition coefficient (Wildman–Crippen LogP) is 0.106. The van der Waals surface area contributed by atoms with Gasteiger partial charge in [0.25, 0.3) is 0 Å². The monoisotopic (exact) mass is 246 g/mol. The van der Waals surface area contributed by atoms with Crippen LogP contribution in [0.5, 0.6) is 0 Å². The molecule has 0 spiro atoms. The van der Waals surface area contributed by atoms with Crippen molar-refractivity contribution in [3.05, 3.63) is 24.3 Å². The predicted molar refractivity (Wildman–Crippen MR) is 72.3 cm³/mol. The van der Waals surface area contributed by atoms with Crippen molar-refractivity contribution < 1.29 is 9.47 Å². The zero-order chi connectivity index (χ0) is 12.4.